The Morgan fingerprint density at radius 2 is 2.28 bits per heavy atom. The Hall–Kier alpha value is -1.97. The molecule has 1 atom stereocenters. The van der Waals surface area contributed by atoms with Crippen molar-refractivity contribution in [1.82, 2.24) is 15.1 Å². The molecule has 0 radical (unpaired) electrons. The summed E-state index contributed by atoms with van der Waals surface area (Å²) in [5.74, 6) is -0.172. The average Bonchev–Trinajstić information content (AvgIpc) is 3.07. The Balaban J connectivity index is 1.75. The van der Waals surface area contributed by atoms with Crippen molar-refractivity contribution in [2.24, 2.45) is 4.40 Å². The standard InChI is InChI=1S/C16H20N4O3S2/c1-19(2)13(14-6-4-9-24-14)11-17-16(21)12-5-3-7-20-8-10-25(22,23)18-15(12)20/h3-7,9,13H,8,10-11H2,1-2H3,(H,17,21). The van der Waals surface area contributed by atoms with E-state index in [1.807, 2.05) is 36.5 Å². The van der Waals surface area contributed by atoms with Gasteiger partial charge in [-0.15, -0.1) is 15.7 Å². The predicted octanol–water partition coefficient (Wildman–Crippen LogP) is 0.965. The molecule has 1 N–H and O–H groups in total. The third kappa shape index (κ3) is 4.00. The number of carbonyl (C=O) groups is 1. The summed E-state index contributed by atoms with van der Waals surface area (Å²) in [5.41, 5.74) is 0.273. The van der Waals surface area contributed by atoms with E-state index >= 15 is 0 Å². The molecule has 1 aromatic heterocycles. The second-order valence-electron chi connectivity index (χ2n) is 6.02. The summed E-state index contributed by atoms with van der Waals surface area (Å²) in [4.78, 5) is 17.5. The first-order valence-electron chi connectivity index (χ1n) is 7.83. The molecule has 0 aromatic carbocycles. The highest BCUT2D eigenvalue weighted by molar-refractivity contribution is 7.90. The Morgan fingerprint density at radius 3 is 2.96 bits per heavy atom. The van der Waals surface area contributed by atoms with E-state index in [4.69, 9.17) is 0 Å². The van der Waals surface area contributed by atoms with Crippen LogP contribution in [0, 0.1) is 0 Å². The number of rotatable bonds is 5. The first-order valence-corrected chi connectivity index (χ1v) is 10.3. The number of nitrogens with zero attached hydrogens (tertiary/aromatic N) is 3. The first-order chi connectivity index (χ1) is 11.9. The van der Waals surface area contributed by atoms with Crippen molar-refractivity contribution in [2.45, 2.75) is 6.04 Å². The highest BCUT2D eigenvalue weighted by atomic mass is 32.2. The van der Waals surface area contributed by atoms with Crippen LogP contribution >= 0.6 is 11.3 Å². The highest BCUT2D eigenvalue weighted by Gasteiger charge is 2.30. The summed E-state index contributed by atoms with van der Waals surface area (Å²) in [5, 5.41) is 4.91. The van der Waals surface area contributed by atoms with Crippen LogP contribution in [0.1, 0.15) is 10.9 Å². The van der Waals surface area contributed by atoms with Crippen LogP contribution in [0.5, 0.6) is 0 Å². The highest BCUT2D eigenvalue weighted by Crippen LogP contribution is 2.23. The van der Waals surface area contributed by atoms with E-state index in [1.165, 1.54) is 0 Å². The van der Waals surface area contributed by atoms with Gasteiger partial charge >= 0.3 is 0 Å². The maximum Gasteiger partial charge on any atom is 0.256 e. The maximum absolute atomic E-state index is 12.6. The van der Waals surface area contributed by atoms with Crippen molar-refractivity contribution >= 4 is 33.1 Å². The van der Waals surface area contributed by atoms with E-state index < -0.39 is 10.0 Å². The lowest BCUT2D eigenvalue weighted by atomic mass is 10.1. The number of amides is 1. The molecule has 2 aliphatic heterocycles. The van der Waals surface area contributed by atoms with E-state index in [2.05, 4.69) is 9.71 Å². The molecule has 25 heavy (non-hydrogen) atoms. The Bertz CT molecular complexity index is 839. The largest absolute Gasteiger partial charge is 0.350 e. The zero-order chi connectivity index (χ0) is 18.0. The zero-order valence-corrected chi connectivity index (χ0v) is 15.7. The van der Waals surface area contributed by atoms with Crippen LogP contribution in [-0.4, -0.2) is 62.9 Å². The van der Waals surface area contributed by atoms with Crippen LogP contribution in [0.2, 0.25) is 0 Å². The topological polar surface area (TPSA) is 82.1 Å². The molecule has 0 fully saturated rings. The molecule has 1 unspecified atom stereocenters. The van der Waals surface area contributed by atoms with Gasteiger partial charge in [0.1, 0.15) is 0 Å². The number of hydrogen-bond acceptors (Lipinski definition) is 6. The number of allylic oxidation sites excluding steroid dienone is 2. The van der Waals surface area contributed by atoms with Crippen molar-refractivity contribution in [2.75, 3.05) is 32.9 Å². The van der Waals surface area contributed by atoms with E-state index in [-0.39, 0.29) is 29.1 Å². The van der Waals surface area contributed by atoms with Crippen molar-refractivity contribution in [3.8, 4) is 0 Å². The van der Waals surface area contributed by atoms with Crippen LogP contribution in [0.3, 0.4) is 0 Å². The number of sulfonamides is 1. The lowest BCUT2D eigenvalue weighted by molar-refractivity contribution is -0.117. The molecule has 134 valence electrons. The molecule has 0 spiro atoms. The van der Waals surface area contributed by atoms with Gasteiger partial charge in [0.2, 0.25) is 0 Å². The molecule has 2 aliphatic rings. The fourth-order valence-electron chi connectivity index (χ4n) is 2.70. The quantitative estimate of drug-likeness (QED) is 0.823. The monoisotopic (exact) mass is 380 g/mol. The van der Waals surface area contributed by atoms with Gasteiger partial charge in [0.25, 0.3) is 15.9 Å². The maximum atomic E-state index is 12.6. The van der Waals surface area contributed by atoms with Crippen molar-refractivity contribution in [3.05, 3.63) is 46.3 Å². The van der Waals surface area contributed by atoms with Crippen LogP contribution < -0.4 is 5.32 Å². The summed E-state index contributed by atoms with van der Waals surface area (Å²) >= 11 is 1.63. The van der Waals surface area contributed by atoms with Crippen LogP contribution in [0.4, 0.5) is 0 Å². The van der Waals surface area contributed by atoms with Gasteiger partial charge in [0.15, 0.2) is 5.84 Å². The minimum Gasteiger partial charge on any atom is -0.350 e. The van der Waals surface area contributed by atoms with Crippen LogP contribution in [0.25, 0.3) is 0 Å². The minimum absolute atomic E-state index is 0.0448. The number of likely N-dealkylation sites (N-methyl/N-ethyl adjacent to an activating group) is 1. The molecular formula is C16H20N4O3S2. The summed E-state index contributed by atoms with van der Waals surface area (Å²) in [7, 11) is 0.399. The molecule has 3 heterocycles. The zero-order valence-electron chi connectivity index (χ0n) is 14.0. The summed E-state index contributed by atoms with van der Waals surface area (Å²) in [6, 6.07) is 4.06. The Labute approximate surface area is 151 Å². The third-order valence-corrected chi connectivity index (χ3v) is 6.18. The second kappa shape index (κ2) is 7.11. The molecule has 0 aliphatic carbocycles. The number of thiophene rings is 1. The smallest absolute Gasteiger partial charge is 0.256 e. The number of nitrogens with one attached hydrogen (secondary N) is 1. The van der Waals surface area contributed by atoms with Gasteiger partial charge in [0.05, 0.1) is 17.4 Å². The molecule has 9 heteroatoms. The van der Waals surface area contributed by atoms with Crippen molar-refractivity contribution in [3.63, 3.8) is 0 Å². The Kier molecular flexibility index (Phi) is 5.07. The summed E-state index contributed by atoms with van der Waals surface area (Å²) < 4.78 is 27.3. The van der Waals surface area contributed by atoms with Gasteiger partial charge in [-0.25, -0.2) is 8.42 Å². The summed E-state index contributed by atoms with van der Waals surface area (Å²) in [6.45, 7) is 0.727. The molecule has 0 saturated heterocycles. The fraction of sp³-hybridized carbons (Fsp3) is 0.375. The fourth-order valence-corrected chi connectivity index (χ4v) is 4.60. The van der Waals surface area contributed by atoms with Crippen LogP contribution in [-0.2, 0) is 14.8 Å². The van der Waals surface area contributed by atoms with E-state index in [0.717, 1.165) is 4.88 Å². The molecular weight excluding hydrogens is 360 g/mol. The SMILES string of the molecule is CN(C)C(CNC(=O)C1=CC=CN2CCS(=O)(=O)N=C12)c1cccs1. The lowest BCUT2D eigenvalue weighted by Crippen LogP contribution is -2.43. The minimum atomic E-state index is -3.51. The van der Waals surface area contributed by atoms with Gasteiger partial charge in [-0.05, 0) is 37.7 Å². The average molecular weight is 380 g/mol. The second-order valence-corrected chi connectivity index (χ2v) is 8.75. The first kappa shape index (κ1) is 17.8. The number of fused-ring (bicyclic) bond motifs is 1. The normalized spacial score (nSPS) is 19.9. The number of carbonyl (C=O) groups excluding carboxylic acids is 1. The molecule has 1 amide bonds. The lowest BCUT2D eigenvalue weighted by Gasteiger charge is -2.29. The third-order valence-electron chi connectivity index (χ3n) is 4.05. The van der Waals surface area contributed by atoms with E-state index in [1.54, 1.807) is 34.6 Å². The van der Waals surface area contributed by atoms with Gasteiger partial charge in [-0.2, -0.15) is 0 Å². The van der Waals surface area contributed by atoms with E-state index in [0.29, 0.717) is 13.1 Å². The molecule has 7 nitrogen and oxygen atoms in total. The van der Waals surface area contributed by atoms with Crippen molar-refractivity contribution in [1.29, 1.82) is 0 Å². The molecule has 1 aromatic rings. The Morgan fingerprint density at radius 1 is 1.48 bits per heavy atom. The van der Waals surface area contributed by atoms with Gasteiger partial charge < -0.3 is 15.1 Å². The number of amidine groups is 1. The number of hydrogen-bond donors (Lipinski definition) is 1. The van der Waals surface area contributed by atoms with E-state index in [9.17, 15) is 13.2 Å². The van der Waals surface area contributed by atoms with Crippen LogP contribution in [0.15, 0.2) is 45.8 Å². The van der Waals surface area contributed by atoms with Gasteiger partial charge in [-0.1, -0.05) is 6.07 Å². The van der Waals surface area contributed by atoms with Gasteiger partial charge in [-0.3, -0.25) is 4.79 Å². The summed E-state index contributed by atoms with van der Waals surface area (Å²) in [6.07, 6.45) is 5.06. The molecule has 0 bridgehead atoms. The van der Waals surface area contributed by atoms with Gasteiger partial charge in [0, 0.05) is 24.2 Å². The van der Waals surface area contributed by atoms with Crippen molar-refractivity contribution < 1.29 is 13.2 Å². The molecule has 0 saturated carbocycles. The molecule has 3 rings (SSSR count). The predicted molar refractivity (Wildman–Crippen MR) is 98.9 cm³/mol.